The fourth-order valence-electron chi connectivity index (χ4n) is 2.75. The first kappa shape index (κ1) is 21.9. The smallest absolute Gasteiger partial charge is 0.229 e. The molecule has 0 spiro atoms. The molecule has 0 aromatic heterocycles. The summed E-state index contributed by atoms with van der Waals surface area (Å²) in [6.07, 6.45) is 3.01. The van der Waals surface area contributed by atoms with Gasteiger partial charge in [-0.15, -0.1) is 0 Å². The molecule has 0 aliphatic rings. The van der Waals surface area contributed by atoms with Crippen LogP contribution in [0.5, 0.6) is 0 Å². The molecule has 0 aliphatic carbocycles. The SMILES string of the molecule is CC(NC(=O)CCCOCCc1ccccc1)c1cccc(NS(C)(=O)=O)c1. The molecule has 1 amide bonds. The molecule has 152 valence electrons. The lowest BCUT2D eigenvalue weighted by Gasteiger charge is -2.15. The van der Waals surface area contributed by atoms with Crippen LogP contribution in [0.15, 0.2) is 54.6 Å². The Bertz CT molecular complexity index is 854. The third-order valence-corrected chi connectivity index (χ3v) is 4.74. The molecule has 7 heteroatoms. The summed E-state index contributed by atoms with van der Waals surface area (Å²) in [6, 6.07) is 16.9. The monoisotopic (exact) mass is 404 g/mol. The summed E-state index contributed by atoms with van der Waals surface area (Å²) in [5.41, 5.74) is 2.55. The Hall–Kier alpha value is -2.38. The Labute approximate surface area is 167 Å². The number of carbonyl (C=O) groups excluding carboxylic acids is 1. The minimum Gasteiger partial charge on any atom is -0.381 e. The van der Waals surface area contributed by atoms with Crippen molar-refractivity contribution in [1.29, 1.82) is 0 Å². The van der Waals surface area contributed by atoms with Gasteiger partial charge in [-0.2, -0.15) is 0 Å². The third-order valence-electron chi connectivity index (χ3n) is 4.14. The van der Waals surface area contributed by atoms with Gasteiger partial charge in [0.2, 0.25) is 15.9 Å². The number of carbonyl (C=O) groups is 1. The molecule has 2 rings (SSSR count). The molecule has 6 nitrogen and oxygen atoms in total. The average molecular weight is 405 g/mol. The standard InChI is InChI=1S/C21H28N2O4S/c1-17(19-10-6-11-20(16-19)23-28(2,25)26)22-21(24)12-7-14-27-15-13-18-8-4-3-5-9-18/h3-6,8-11,16-17,23H,7,12-15H2,1-2H3,(H,22,24). The normalized spacial score (nSPS) is 12.4. The lowest BCUT2D eigenvalue weighted by molar-refractivity contribution is -0.122. The minimum atomic E-state index is -3.33. The maximum Gasteiger partial charge on any atom is 0.229 e. The van der Waals surface area contributed by atoms with Crippen LogP contribution in [0, 0.1) is 0 Å². The minimum absolute atomic E-state index is 0.0550. The maximum absolute atomic E-state index is 12.1. The molecule has 28 heavy (non-hydrogen) atoms. The van der Waals surface area contributed by atoms with Gasteiger partial charge in [-0.25, -0.2) is 8.42 Å². The van der Waals surface area contributed by atoms with E-state index in [4.69, 9.17) is 4.74 Å². The number of anilines is 1. The largest absolute Gasteiger partial charge is 0.381 e. The number of ether oxygens (including phenoxy) is 1. The van der Waals surface area contributed by atoms with E-state index in [2.05, 4.69) is 22.2 Å². The van der Waals surface area contributed by atoms with Gasteiger partial charge < -0.3 is 10.1 Å². The van der Waals surface area contributed by atoms with E-state index in [0.29, 0.717) is 31.7 Å². The topological polar surface area (TPSA) is 84.5 Å². The van der Waals surface area contributed by atoms with Gasteiger partial charge in [-0.1, -0.05) is 42.5 Å². The molecule has 0 fully saturated rings. The van der Waals surface area contributed by atoms with Gasteiger partial charge in [0.15, 0.2) is 0 Å². The fourth-order valence-corrected chi connectivity index (χ4v) is 3.31. The van der Waals surface area contributed by atoms with Crippen molar-refractivity contribution in [3.05, 3.63) is 65.7 Å². The highest BCUT2D eigenvalue weighted by Gasteiger charge is 2.11. The second kappa shape index (κ2) is 10.8. The van der Waals surface area contributed by atoms with Crippen molar-refractivity contribution in [3.8, 4) is 0 Å². The van der Waals surface area contributed by atoms with Crippen molar-refractivity contribution in [3.63, 3.8) is 0 Å². The lowest BCUT2D eigenvalue weighted by Crippen LogP contribution is -2.26. The summed E-state index contributed by atoms with van der Waals surface area (Å²) in [5.74, 6) is -0.0550. The van der Waals surface area contributed by atoms with Crippen LogP contribution in [0.25, 0.3) is 0 Å². The van der Waals surface area contributed by atoms with Gasteiger partial charge in [-0.05, 0) is 43.0 Å². The van der Waals surface area contributed by atoms with Gasteiger partial charge in [0.1, 0.15) is 0 Å². The molecule has 0 bridgehead atoms. The van der Waals surface area contributed by atoms with E-state index in [1.807, 2.05) is 31.2 Å². The molecule has 1 unspecified atom stereocenters. The first-order valence-electron chi connectivity index (χ1n) is 9.32. The molecule has 0 aliphatic heterocycles. The molecule has 2 aromatic rings. The van der Waals surface area contributed by atoms with E-state index in [9.17, 15) is 13.2 Å². The van der Waals surface area contributed by atoms with Crippen molar-refractivity contribution in [1.82, 2.24) is 5.32 Å². The fraction of sp³-hybridized carbons (Fsp3) is 0.381. The molecule has 2 aromatic carbocycles. The molecular formula is C21H28N2O4S. The second-order valence-corrected chi connectivity index (χ2v) is 8.49. The molecule has 2 N–H and O–H groups in total. The summed E-state index contributed by atoms with van der Waals surface area (Å²) in [5, 5.41) is 2.93. The van der Waals surface area contributed by atoms with Crippen LogP contribution in [0.3, 0.4) is 0 Å². The summed E-state index contributed by atoms with van der Waals surface area (Å²) >= 11 is 0. The highest BCUT2D eigenvalue weighted by Crippen LogP contribution is 2.18. The third kappa shape index (κ3) is 8.54. The molecule has 0 saturated heterocycles. The van der Waals surface area contributed by atoms with Gasteiger partial charge in [-0.3, -0.25) is 9.52 Å². The van der Waals surface area contributed by atoms with Crippen LogP contribution < -0.4 is 10.0 Å². The van der Waals surface area contributed by atoms with Crippen molar-refractivity contribution in [2.24, 2.45) is 0 Å². The van der Waals surface area contributed by atoms with E-state index in [-0.39, 0.29) is 11.9 Å². The first-order chi connectivity index (χ1) is 13.3. The lowest BCUT2D eigenvalue weighted by atomic mass is 10.1. The number of nitrogens with one attached hydrogen (secondary N) is 2. The Kier molecular flexibility index (Phi) is 8.47. The van der Waals surface area contributed by atoms with Gasteiger partial charge in [0.25, 0.3) is 0 Å². The van der Waals surface area contributed by atoms with Gasteiger partial charge >= 0.3 is 0 Å². The van der Waals surface area contributed by atoms with Gasteiger partial charge in [0.05, 0.1) is 18.9 Å². The molecule has 0 saturated carbocycles. The van der Waals surface area contributed by atoms with E-state index >= 15 is 0 Å². The Balaban J connectivity index is 1.67. The zero-order valence-electron chi connectivity index (χ0n) is 16.4. The highest BCUT2D eigenvalue weighted by atomic mass is 32.2. The molecule has 0 radical (unpaired) electrons. The number of rotatable bonds is 11. The van der Waals surface area contributed by atoms with Crippen LogP contribution >= 0.6 is 0 Å². The Morgan fingerprint density at radius 1 is 1.07 bits per heavy atom. The molecule has 0 heterocycles. The predicted molar refractivity (Wildman–Crippen MR) is 112 cm³/mol. The van der Waals surface area contributed by atoms with E-state index in [1.165, 1.54) is 5.56 Å². The average Bonchev–Trinajstić information content (AvgIpc) is 2.64. The van der Waals surface area contributed by atoms with Crippen LogP contribution in [0.2, 0.25) is 0 Å². The first-order valence-corrected chi connectivity index (χ1v) is 11.2. The summed E-state index contributed by atoms with van der Waals surface area (Å²) in [4.78, 5) is 12.1. The van der Waals surface area contributed by atoms with Crippen LogP contribution in [-0.2, 0) is 26.0 Å². The number of sulfonamides is 1. The van der Waals surface area contributed by atoms with E-state index < -0.39 is 10.0 Å². The van der Waals surface area contributed by atoms with E-state index in [1.54, 1.807) is 18.2 Å². The van der Waals surface area contributed by atoms with Crippen LogP contribution in [-0.4, -0.2) is 33.8 Å². The number of hydrogen-bond donors (Lipinski definition) is 2. The second-order valence-electron chi connectivity index (χ2n) is 6.74. The van der Waals surface area contributed by atoms with Crippen molar-refractivity contribution < 1.29 is 17.9 Å². The molecular weight excluding hydrogens is 376 g/mol. The van der Waals surface area contributed by atoms with Crippen molar-refractivity contribution in [2.75, 3.05) is 24.2 Å². The summed E-state index contributed by atoms with van der Waals surface area (Å²) in [7, 11) is -3.33. The van der Waals surface area contributed by atoms with Crippen molar-refractivity contribution >= 4 is 21.6 Å². The van der Waals surface area contributed by atoms with Crippen molar-refractivity contribution in [2.45, 2.75) is 32.2 Å². The maximum atomic E-state index is 12.1. The van der Waals surface area contributed by atoms with Crippen LogP contribution in [0.4, 0.5) is 5.69 Å². The van der Waals surface area contributed by atoms with Gasteiger partial charge in [0, 0.05) is 18.7 Å². The summed E-state index contributed by atoms with van der Waals surface area (Å²) in [6.45, 7) is 3.05. The summed E-state index contributed by atoms with van der Waals surface area (Å²) < 4.78 is 30.7. The number of benzene rings is 2. The Morgan fingerprint density at radius 3 is 2.54 bits per heavy atom. The zero-order valence-corrected chi connectivity index (χ0v) is 17.2. The van der Waals surface area contributed by atoms with E-state index in [0.717, 1.165) is 18.2 Å². The number of hydrogen-bond acceptors (Lipinski definition) is 4. The highest BCUT2D eigenvalue weighted by molar-refractivity contribution is 7.92. The predicted octanol–water partition coefficient (Wildman–Crippen LogP) is 3.27. The van der Waals surface area contributed by atoms with Crippen LogP contribution in [0.1, 0.15) is 36.9 Å². The molecule has 1 atom stereocenters. The quantitative estimate of drug-likeness (QED) is 0.563. The Morgan fingerprint density at radius 2 is 1.82 bits per heavy atom. The zero-order chi connectivity index (χ0) is 20.4. The number of amides is 1.